The quantitative estimate of drug-likeness (QED) is 0.103. The zero-order valence-corrected chi connectivity index (χ0v) is 30.0. The van der Waals surface area contributed by atoms with Crippen molar-refractivity contribution in [2.45, 2.75) is 38.5 Å². The lowest BCUT2D eigenvalue weighted by Crippen LogP contribution is -2.39. The summed E-state index contributed by atoms with van der Waals surface area (Å²) in [7, 11) is 1.31. The molecule has 0 aliphatic rings. The van der Waals surface area contributed by atoms with E-state index >= 15 is 0 Å². The number of hydrogen-bond acceptors (Lipinski definition) is 8. The molecule has 0 aliphatic carbocycles. The van der Waals surface area contributed by atoms with Crippen molar-refractivity contribution in [3.05, 3.63) is 173 Å². The molecule has 0 bridgehead atoms. The van der Waals surface area contributed by atoms with E-state index in [1.54, 1.807) is 18.4 Å². The van der Waals surface area contributed by atoms with Crippen LogP contribution in [-0.4, -0.2) is 54.6 Å². The maximum Gasteiger partial charge on any atom is 0.356 e. The molecule has 2 heterocycles. The lowest BCUT2D eigenvalue weighted by atomic mass is 9.77. The largest absolute Gasteiger partial charge is 0.465 e. The molecule has 0 fully saturated rings. The molecule has 53 heavy (non-hydrogen) atoms. The number of methoxy groups -OCH3 is 1. The summed E-state index contributed by atoms with van der Waals surface area (Å²) in [6, 6.07) is 47.3. The first-order valence-corrected chi connectivity index (χ1v) is 17.5. The van der Waals surface area contributed by atoms with Crippen molar-refractivity contribution < 1.29 is 19.4 Å². The number of aliphatic hydroxyl groups is 1. The van der Waals surface area contributed by atoms with Crippen LogP contribution in [0.3, 0.4) is 0 Å². The Hall–Kier alpha value is -6.39. The van der Waals surface area contributed by atoms with Crippen molar-refractivity contribution in [1.82, 2.24) is 29.8 Å². The Bertz CT molecular complexity index is 2220. The molecule has 0 aliphatic heterocycles. The van der Waals surface area contributed by atoms with Gasteiger partial charge < -0.3 is 14.6 Å². The summed E-state index contributed by atoms with van der Waals surface area (Å²) in [4.78, 5) is 17.5. The van der Waals surface area contributed by atoms with Gasteiger partial charge in [0.1, 0.15) is 16.8 Å². The number of nitrogens with zero attached hydrogens (tertiary/aromatic N) is 6. The van der Waals surface area contributed by atoms with Gasteiger partial charge in [0.2, 0.25) is 0 Å². The Morgan fingerprint density at radius 3 is 1.77 bits per heavy atom. The second-order valence-corrected chi connectivity index (χ2v) is 13.1. The molecule has 1 N–H and O–H groups in total. The standard InChI is InChI=1S/C43H40N6O4/c1-5-53-41-44-38(42(2,3)51)37(40(50)52-4)48(41)29-30-25-27-31(28-26-30)35-23-15-16-24-36(35)39-45-46-47-49(39)43(32-17-9-6-10-18-32,33-19-11-7-12-20-33)34-21-13-8-14-22-34/h6-28,51H,5,29H2,1-4H3. The SMILES string of the molecule is CCOc1nc(C(C)(C)O)c(C(=O)OC)n1Cc1ccc(-c2ccccc2-c2nnnn2C(c2ccccc2)(c2ccccc2)c2ccccc2)cc1. The second-order valence-electron chi connectivity index (χ2n) is 13.1. The van der Waals surface area contributed by atoms with Crippen LogP contribution < -0.4 is 4.74 Å². The molecule has 0 spiro atoms. The van der Waals surface area contributed by atoms with E-state index in [4.69, 9.17) is 14.7 Å². The zero-order chi connectivity index (χ0) is 37.0. The first kappa shape index (κ1) is 35.0. The smallest absolute Gasteiger partial charge is 0.356 e. The van der Waals surface area contributed by atoms with Crippen LogP contribution >= 0.6 is 0 Å². The van der Waals surface area contributed by atoms with Crippen LogP contribution in [0.5, 0.6) is 6.01 Å². The first-order chi connectivity index (χ1) is 25.8. The summed E-state index contributed by atoms with van der Waals surface area (Å²) in [6.45, 7) is 5.59. The highest BCUT2D eigenvalue weighted by molar-refractivity contribution is 5.89. The topological polar surface area (TPSA) is 117 Å². The molecule has 10 nitrogen and oxygen atoms in total. The van der Waals surface area contributed by atoms with E-state index < -0.39 is 17.1 Å². The van der Waals surface area contributed by atoms with Crippen LogP contribution in [0.4, 0.5) is 0 Å². The molecule has 7 aromatic rings. The van der Waals surface area contributed by atoms with Crippen LogP contribution in [0.1, 0.15) is 59.2 Å². The Morgan fingerprint density at radius 2 is 1.26 bits per heavy atom. The molecule has 7 rings (SSSR count). The number of aromatic nitrogens is 6. The number of esters is 1. The number of tetrazole rings is 1. The zero-order valence-electron chi connectivity index (χ0n) is 30.0. The monoisotopic (exact) mass is 704 g/mol. The van der Waals surface area contributed by atoms with Gasteiger partial charge in [0.05, 0.1) is 20.3 Å². The summed E-state index contributed by atoms with van der Waals surface area (Å²) in [5.74, 6) is -0.00990. The van der Waals surface area contributed by atoms with Gasteiger partial charge in [0.15, 0.2) is 11.5 Å². The van der Waals surface area contributed by atoms with Gasteiger partial charge in [-0.2, -0.15) is 4.98 Å². The molecular weight excluding hydrogens is 665 g/mol. The van der Waals surface area contributed by atoms with E-state index in [-0.39, 0.29) is 23.9 Å². The molecule has 0 saturated carbocycles. The number of hydrogen-bond donors (Lipinski definition) is 1. The highest BCUT2D eigenvalue weighted by Crippen LogP contribution is 2.43. The van der Waals surface area contributed by atoms with Crippen LogP contribution in [0.15, 0.2) is 140 Å². The minimum absolute atomic E-state index is 0.142. The first-order valence-electron chi connectivity index (χ1n) is 17.5. The second kappa shape index (κ2) is 14.7. The van der Waals surface area contributed by atoms with Crippen molar-refractivity contribution in [1.29, 1.82) is 0 Å². The number of rotatable bonds is 12. The van der Waals surface area contributed by atoms with Crippen LogP contribution in [0.2, 0.25) is 0 Å². The van der Waals surface area contributed by atoms with Crippen LogP contribution in [-0.2, 0) is 22.4 Å². The molecule has 10 heteroatoms. The number of ether oxygens (including phenoxy) is 2. The third-order valence-electron chi connectivity index (χ3n) is 9.30. The number of imidazole rings is 1. The average Bonchev–Trinajstić information content (AvgIpc) is 3.82. The van der Waals surface area contributed by atoms with Crippen molar-refractivity contribution in [2.24, 2.45) is 0 Å². The van der Waals surface area contributed by atoms with Crippen LogP contribution in [0.25, 0.3) is 22.5 Å². The molecule has 0 amide bonds. The van der Waals surface area contributed by atoms with Crippen molar-refractivity contribution >= 4 is 5.97 Å². The van der Waals surface area contributed by atoms with Crippen LogP contribution in [0, 0.1) is 0 Å². The van der Waals surface area contributed by atoms with E-state index in [0.717, 1.165) is 38.9 Å². The molecule has 5 aromatic carbocycles. The number of benzene rings is 5. The summed E-state index contributed by atoms with van der Waals surface area (Å²) >= 11 is 0. The average molecular weight is 705 g/mol. The predicted octanol–water partition coefficient (Wildman–Crippen LogP) is 7.50. The predicted molar refractivity (Wildman–Crippen MR) is 202 cm³/mol. The van der Waals surface area contributed by atoms with Gasteiger partial charge >= 0.3 is 5.97 Å². The summed E-state index contributed by atoms with van der Waals surface area (Å²) in [6.07, 6.45) is 0. The number of carbonyl (C=O) groups is 1. The molecule has 2 aromatic heterocycles. The Balaban J connectivity index is 1.34. The Kier molecular flexibility index (Phi) is 9.71. The van der Waals surface area contributed by atoms with Crippen molar-refractivity contribution in [3.63, 3.8) is 0 Å². The maximum atomic E-state index is 13.0. The molecule has 0 saturated heterocycles. The summed E-state index contributed by atoms with van der Waals surface area (Å²) < 4.78 is 14.5. The molecular formula is C43H40N6O4. The molecule has 0 unspecified atom stereocenters. The van der Waals surface area contributed by atoms with E-state index in [1.807, 2.05) is 109 Å². The third kappa shape index (κ3) is 6.49. The van der Waals surface area contributed by atoms with Gasteiger partial charge in [0.25, 0.3) is 6.01 Å². The minimum atomic E-state index is -1.40. The fourth-order valence-electron chi connectivity index (χ4n) is 6.94. The van der Waals surface area contributed by atoms with E-state index in [9.17, 15) is 9.90 Å². The summed E-state index contributed by atoms with van der Waals surface area (Å²) in [5, 5.41) is 24.6. The molecule has 0 radical (unpaired) electrons. The Morgan fingerprint density at radius 1 is 0.736 bits per heavy atom. The fraction of sp³-hybridized carbons (Fsp3) is 0.186. The van der Waals surface area contributed by atoms with Gasteiger partial charge in [-0.25, -0.2) is 9.48 Å². The lowest BCUT2D eigenvalue weighted by molar-refractivity contribution is 0.0532. The minimum Gasteiger partial charge on any atom is -0.465 e. The lowest BCUT2D eigenvalue weighted by Gasteiger charge is -2.36. The normalized spacial score (nSPS) is 11.7. The van der Waals surface area contributed by atoms with Gasteiger partial charge in [-0.1, -0.05) is 140 Å². The van der Waals surface area contributed by atoms with Crippen molar-refractivity contribution in [2.75, 3.05) is 13.7 Å². The van der Waals surface area contributed by atoms with E-state index in [1.165, 1.54) is 7.11 Å². The molecule has 266 valence electrons. The fourth-order valence-corrected chi connectivity index (χ4v) is 6.94. The number of carbonyl (C=O) groups excluding carboxylic acids is 1. The van der Waals surface area contributed by atoms with Gasteiger partial charge in [-0.3, -0.25) is 4.57 Å². The Labute approximate surface area is 308 Å². The summed E-state index contributed by atoms with van der Waals surface area (Å²) in [5.41, 5.74) is 4.70. The van der Waals surface area contributed by atoms with Gasteiger partial charge in [-0.15, -0.1) is 5.10 Å². The van der Waals surface area contributed by atoms with Crippen molar-refractivity contribution in [3.8, 4) is 28.5 Å². The third-order valence-corrected chi connectivity index (χ3v) is 9.30. The highest BCUT2D eigenvalue weighted by atomic mass is 16.5. The maximum absolute atomic E-state index is 13.0. The molecule has 0 atom stereocenters. The van der Waals surface area contributed by atoms with E-state index in [2.05, 4.69) is 57.8 Å². The van der Waals surface area contributed by atoms with E-state index in [0.29, 0.717) is 12.4 Å². The van der Waals surface area contributed by atoms with Gasteiger partial charge in [0, 0.05) is 5.56 Å². The van der Waals surface area contributed by atoms with Gasteiger partial charge in [-0.05, 0) is 64.6 Å². The highest BCUT2D eigenvalue weighted by Gasteiger charge is 2.42.